The quantitative estimate of drug-likeness (QED) is 0.129. The van der Waals surface area contributed by atoms with Gasteiger partial charge in [-0.25, -0.2) is 8.42 Å². The van der Waals surface area contributed by atoms with Crippen molar-refractivity contribution in [1.29, 1.82) is 0 Å². The van der Waals surface area contributed by atoms with E-state index >= 15 is 0 Å². The van der Waals surface area contributed by atoms with Crippen LogP contribution in [0.5, 0.6) is 0 Å². The Hall–Kier alpha value is 1.79. The molecule has 0 spiro atoms. The first-order chi connectivity index (χ1) is 2.56. The van der Waals surface area contributed by atoms with E-state index in [4.69, 9.17) is 18.2 Å². The van der Waals surface area contributed by atoms with Crippen LogP contribution in [0.1, 0.15) is 0 Å². The van der Waals surface area contributed by atoms with Crippen LogP contribution < -0.4 is 64.4 Å². The predicted molar refractivity (Wildman–Crippen MR) is 14.4 cm³/mol. The van der Waals surface area contributed by atoms with E-state index in [0.29, 0.717) is 0 Å². The Morgan fingerprint density at radius 1 is 1.22 bits per heavy atom. The zero-order valence-corrected chi connectivity index (χ0v) is 9.77. The van der Waals surface area contributed by atoms with Gasteiger partial charge in [-0.2, -0.15) is 0 Å². The van der Waals surface area contributed by atoms with Gasteiger partial charge >= 0.3 is 59.1 Å². The molecule has 0 saturated heterocycles. The number of hydrogen-bond donors (Lipinski definition) is 0. The molecule has 0 unspecified atom stereocenters. The molecule has 0 saturated carbocycles. The minimum atomic E-state index is -4.97. The molecule has 0 atom stereocenters. The van der Waals surface area contributed by atoms with Gasteiger partial charge in [-0.05, 0) is 0 Å². The van der Waals surface area contributed by atoms with E-state index in [0.717, 1.165) is 0 Å². The molecule has 0 aromatic carbocycles. The molecule has 2 N–H and O–H groups in total. The number of hydrogen-bond acceptors (Lipinski definition) is 5. The Bertz CT molecular complexity index is 113. The molecule has 0 heterocycles. The van der Waals surface area contributed by atoms with Crippen molar-refractivity contribution in [1.82, 2.24) is 0 Å². The van der Waals surface area contributed by atoms with Crippen LogP contribution in [0.25, 0.3) is 0 Å². The second kappa shape index (κ2) is 9.79. The molecule has 0 fully saturated rings. The van der Waals surface area contributed by atoms with E-state index in [1.807, 2.05) is 0 Å². The van der Waals surface area contributed by atoms with Gasteiger partial charge in [0.25, 0.3) is 0 Å². The summed E-state index contributed by atoms with van der Waals surface area (Å²) >= 11 is 0. The van der Waals surface area contributed by atoms with E-state index < -0.39 is 10.4 Å². The van der Waals surface area contributed by atoms with Gasteiger partial charge in [0.2, 0.25) is 10.4 Å². The SMILES string of the molecule is O.O=S(=O)([O-])O[O-].[Na+].[Na+]. The van der Waals surface area contributed by atoms with Crippen molar-refractivity contribution >= 4 is 10.4 Å². The molecule has 0 aromatic heterocycles. The van der Waals surface area contributed by atoms with Crippen molar-refractivity contribution in [3.05, 3.63) is 0 Å². The van der Waals surface area contributed by atoms with Crippen molar-refractivity contribution in [2.45, 2.75) is 0 Å². The maximum Gasteiger partial charge on any atom is 1.00 e. The molecule has 9 heavy (non-hydrogen) atoms. The molecule has 0 aromatic rings. The Morgan fingerprint density at radius 3 is 1.33 bits per heavy atom. The molecule has 9 heteroatoms. The summed E-state index contributed by atoms with van der Waals surface area (Å²) in [5, 5.41) is 8.55. The van der Waals surface area contributed by atoms with Gasteiger partial charge in [0.1, 0.15) is 0 Å². The van der Waals surface area contributed by atoms with E-state index in [1.165, 1.54) is 0 Å². The Labute approximate surface area is 96.4 Å². The van der Waals surface area contributed by atoms with Crippen LogP contribution in [-0.4, -0.2) is 18.4 Å². The van der Waals surface area contributed by atoms with Crippen molar-refractivity contribution in [3.63, 3.8) is 0 Å². The molecule has 6 nitrogen and oxygen atoms in total. The molecular weight excluding hydrogens is 174 g/mol. The zero-order chi connectivity index (χ0) is 5.21. The van der Waals surface area contributed by atoms with Crippen molar-refractivity contribution in [2.24, 2.45) is 0 Å². The Kier molecular flexibility index (Phi) is 24.4. The fraction of sp³-hybridized carbons (Fsp3) is 0. The molecule has 0 radical (unpaired) electrons. The van der Waals surface area contributed by atoms with Crippen LogP contribution in [0.15, 0.2) is 0 Å². The van der Waals surface area contributed by atoms with Gasteiger partial charge in [-0.15, -0.1) is 0 Å². The van der Waals surface area contributed by atoms with Gasteiger partial charge in [0.15, 0.2) is 0 Å². The maximum absolute atomic E-state index is 8.91. The second-order valence-corrected chi connectivity index (χ2v) is 1.43. The largest absolute Gasteiger partial charge is 1.00 e. The molecular formula is H2Na2O6S. The van der Waals surface area contributed by atoms with Crippen molar-refractivity contribution < 1.29 is 87.2 Å². The third kappa shape index (κ3) is 25.9. The second-order valence-electron chi connectivity index (χ2n) is 0.476. The Balaban J connectivity index is -0.0000000417. The summed E-state index contributed by atoms with van der Waals surface area (Å²) in [6.07, 6.45) is 0. The molecule has 0 bridgehead atoms. The monoisotopic (exact) mass is 176 g/mol. The summed E-state index contributed by atoms with van der Waals surface area (Å²) in [5.74, 6) is 0. The van der Waals surface area contributed by atoms with Gasteiger partial charge in [-0.3, -0.25) is 0 Å². The summed E-state index contributed by atoms with van der Waals surface area (Å²) in [7, 11) is -4.97. The summed E-state index contributed by atoms with van der Waals surface area (Å²) in [5.41, 5.74) is 0. The standard InChI is InChI=1S/2Na.H2O5S.H2O/c;;1-5-6(2,3)4;/h;;1H,(H,2,3,4);1H2/q2*+1;;/p-2. The molecule has 0 aliphatic rings. The maximum atomic E-state index is 8.91. The molecule has 0 amide bonds. The molecule has 0 rings (SSSR count). The van der Waals surface area contributed by atoms with Crippen LogP contribution >= 0.6 is 0 Å². The van der Waals surface area contributed by atoms with Gasteiger partial charge in [0, 0.05) is 0 Å². The first-order valence-electron chi connectivity index (χ1n) is 0.833. The third-order valence-electron chi connectivity index (χ3n) is 0.0833. The van der Waals surface area contributed by atoms with E-state index in [1.54, 1.807) is 0 Å². The van der Waals surface area contributed by atoms with Crippen molar-refractivity contribution in [3.8, 4) is 0 Å². The van der Waals surface area contributed by atoms with Crippen LogP contribution in [0.4, 0.5) is 0 Å². The van der Waals surface area contributed by atoms with Crippen LogP contribution in [0, 0.1) is 0 Å². The van der Waals surface area contributed by atoms with Crippen molar-refractivity contribution in [2.75, 3.05) is 0 Å². The van der Waals surface area contributed by atoms with Gasteiger partial charge in [0.05, 0.1) is 0 Å². The Morgan fingerprint density at radius 2 is 1.33 bits per heavy atom. The van der Waals surface area contributed by atoms with Gasteiger partial charge in [-0.1, -0.05) is 0 Å². The van der Waals surface area contributed by atoms with Crippen LogP contribution in [0.3, 0.4) is 0 Å². The zero-order valence-electron chi connectivity index (χ0n) is 4.95. The fourth-order valence-corrected chi connectivity index (χ4v) is 0. The van der Waals surface area contributed by atoms with Crippen LogP contribution in [0.2, 0.25) is 0 Å². The van der Waals surface area contributed by atoms with Gasteiger partial charge < -0.3 is 19.6 Å². The molecule has 0 aliphatic heterocycles. The fourth-order valence-electron chi connectivity index (χ4n) is 0. The molecule has 0 aliphatic carbocycles. The summed E-state index contributed by atoms with van der Waals surface area (Å²) in [6.45, 7) is 0. The third-order valence-corrected chi connectivity index (χ3v) is 0.250. The van der Waals surface area contributed by atoms with Crippen LogP contribution in [-0.2, 0) is 14.7 Å². The summed E-state index contributed by atoms with van der Waals surface area (Å²) in [6, 6.07) is 0. The molecule has 46 valence electrons. The first-order valence-corrected chi connectivity index (χ1v) is 2.17. The minimum absolute atomic E-state index is 0. The number of rotatable bonds is 1. The average molecular weight is 176 g/mol. The normalized spacial score (nSPS) is 7.78. The average Bonchev–Trinajstić information content (AvgIpc) is 1.35. The topological polar surface area (TPSA) is 121 Å². The van der Waals surface area contributed by atoms with E-state index in [-0.39, 0.29) is 64.6 Å². The van der Waals surface area contributed by atoms with E-state index in [2.05, 4.69) is 4.33 Å². The summed E-state index contributed by atoms with van der Waals surface area (Å²) in [4.78, 5) is 0. The smallest absolute Gasteiger partial charge is 0.726 e. The first kappa shape index (κ1) is 22.4. The minimum Gasteiger partial charge on any atom is -0.726 e. The predicted octanol–water partition coefficient (Wildman–Crippen LogP) is -9.08. The van der Waals surface area contributed by atoms with E-state index in [9.17, 15) is 0 Å². The summed E-state index contributed by atoms with van der Waals surface area (Å²) < 4.78 is 28.8.